The number of nitrogen functional groups attached to an aromatic ring is 1. The number of nitrogens with zero attached hydrogens (tertiary/aromatic N) is 3. The summed E-state index contributed by atoms with van der Waals surface area (Å²) in [5.41, 5.74) is 9.58. The first-order valence-electron chi connectivity index (χ1n) is 6.92. The molecule has 0 atom stereocenters. The van der Waals surface area contributed by atoms with E-state index in [2.05, 4.69) is 9.97 Å². The maximum Gasteiger partial charge on any atom is 0.207 e. The molecule has 21 heavy (non-hydrogen) atoms. The predicted octanol–water partition coefficient (Wildman–Crippen LogP) is 3.10. The van der Waals surface area contributed by atoms with Gasteiger partial charge in [0.1, 0.15) is 11.3 Å². The number of nitrogens with two attached hydrogens (primary N) is 1. The zero-order valence-corrected chi connectivity index (χ0v) is 12.4. The van der Waals surface area contributed by atoms with Crippen molar-refractivity contribution in [2.24, 2.45) is 0 Å². The van der Waals surface area contributed by atoms with Gasteiger partial charge in [0.2, 0.25) is 5.95 Å². The van der Waals surface area contributed by atoms with Crippen LogP contribution in [0.2, 0.25) is 0 Å². The second-order valence-electron chi connectivity index (χ2n) is 5.32. The zero-order chi connectivity index (χ0) is 15.0. The van der Waals surface area contributed by atoms with Gasteiger partial charge in [-0.3, -0.25) is 4.57 Å². The number of anilines is 1. The van der Waals surface area contributed by atoms with Gasteiger partial charge in [0.05, 0.1) is 11.8 Å². The predicted molar refractivity (Wildman–Crippen MR) is 83.8 cm³/mol. The van der Waals surface area contributed by atoms with Crippen molar-refractivity contribution in [3.05, 3.63) is 42.1 Å². The highest BCUT2D eigenvalue weighted by Gasteiger charge is 2.11. The number of ether oxygens (including phenoxy) is 1. The summed E-state index contributed by atoms with van der Waals surface area (Å²) < 4.78 is 7.49. The first-order valence-corrected chi connectivity index (χ1v) is 6.92. The van der Waals surface area contributed by atoms with E-state index in [1.54, 1.807) is 0 Å². The number of benzene rings is 1. The summed E-state index contributed by atoms with van der Waals surface area (Å²) >= 11 is 0. The van der Waals surface area contributed by atoms with Gasteiger partial charge in [-0.2, -0.15) is 0 Å². The molecule has 0 spiro atoms. The number of imidazole rings is 1. The van der Waals surface area contributed by atoms with E-state index in [9.17, 15) is 0 Å². The summed E-state index contributed by atoms with van der Waals surface area (Å²) in [6.07, 6.45) is 1.97. The fourth-order valence-corrected chi connectivity index (χ4v) is 2.28. The highest BCUT2D eigenvalue weighted by Crippen LogP contribution is 2.24. The standard InChI is InChI=1S/C16H18N4O/c1-10(2)21-13-6-4-12(5-7-13)20-15-14(19-16(20)17)8-11(3)9-18-15/h4-10H,1-3H3,(H2,17,19). The van der Waals surface area contributed by atoms with Crippen molar-refractivity contribution in [3.8, 4) is 11.4 Å². The van der Waals surface area contributed by atoms with E-state index < -0.39 is 0 Å². The molecule has 3 rings (SSSR count). The molecule has 0 amide bonds. The molecule has 0 unspecified atom stereocenters. The monoisotopic (exact) mass is 282 g/mol. The lowest BCUT2D eigenvalue weighted by Gasteiger charge is -2.11. The van der Waals surface area contributed by atoms with E-state index in [0.717, 1.165) is 28.2 Å². The first-order chi connectivity index (χ1) is 10.0. The van der Waals surface area contributed by atoms with Gasteiger partial charge in [-0.15, -0.1) is 0 Å². The molecule has 2 heterocycles. The number of hydrogen-bond acceptors (Lipinski definition) is 4. The molecule has 0 fully saturated rings. The molecule has 3 aromatic rings. The molecule has 0 aliphatic heterocycles. The maximum atomic E-state index is 6.03. The molecular weight excluding hydrogens is 264 g/mol. The Kier molecular flexibility index (Phi) is 3.25. The van der Waals surface area contributed by atoms with Crippen LogP contribution >= 0.6 is 0 Å². The molecule has 0 saturated heterocycles. The lowest BCUT2D eigenvalue weighted by atomic mass is 10.3. The van der Waals surface area contributed by atoms with Crippen molar-refractivity contribution < 1.29 is 4.74 Å². The average Bonchev–Trinajstić information content (AvgIpc) is 2.74. The second kappa shape index (κ2) is 5.09. The third kappa shape index (κ3) is 2.54. The molecule has 5 heteroatoms. The summed E-state index contributed by atoms with van der Waals surface area (Å²) in [7, 11) is 0. The van der Waals surface area contributed by atoms with E-state index in [0.29, 0.717) is 5.95 Å². The Morgan fingerprint density at radius 2 is 1.90 bits per heavy atom. The van der Waals surface area contributed by atoms with Crippen molar-refractivity contribution in [1.82, 2.24) is 14.5 Å². The SMILES string of the molecule is Cc1cnc2c(c1)nc(N)n2-c1ccc(OC(C)C)cc1. The number of hydrogen-bond donors (Lipinski definition) is 1. The Balaban J connectivity index is 2.05. The van der Waals surface area contributed by atoms with Crippen LogP contribution in [0.5, 0.6) is 5.75 Å². The molecule has 1 aromatic carbocycles. The van der Waals surface area contributed by atoms with Gasteiger partial charge < -0.3 is 10.5 Å². The molecule has 0 aliphatic rings. The van der Waals surface area contributed by atoms with Crippen LogP contribution in [0.3, 0.4) is 0 Å². The van der Waals surface area contributed by atoms with Gasteiger partial charge in [-0.25, -0.2) is 9.97 Å². The molecule has 0 radical (unpaired) electrons. The van der Waals surface area contributed by atoms with Crippen LogP contribution in [-0.4, -0.2) is 20.6 Å². The molecule has 5 nitrogen and oxygen atoms in total. The smallest absolute Gasteiger partial charge is 0.207 e. The number of aryl methyl sites for hydroxylation is 1. The zero-order valence-electron chi connectivity index (χ0n) is 12.4. The van der Waals surface area contributed by atoms with Gasteiger partial charge >= 0.3 is 0 Å². The summed E-state index contributed by atoms with van der Waals surface area (Å²) in [6, 6.07) is 9.74. The third-order valence-electron chi connectivity index (χ3n) is 3.13. The molecule has 0 saturated carbocycles. The van der Waals surface area contributed by atoms with Gasteiger partial charge in [-0.1, -0.05) is 0 Å². The molecular formula is C16H18N4O. The van der Waals surface area contributed by atoms with E-state index in [1.165, 1.54) is 0 Å². The van der Waals surface area contributed by atoms with Crippen LogP contribution in [0.15, 0.2) is 36.5 Å². The number of rotatable bonds is 3. The largest absolute Gasteiger partial charge is 0.491 e. The van der Waals surface area contributed by atoms with Crippen molar-refractivity contribution in [2.45, 2.75) is 26.9 Å². The summed E-state index contributed by atoms with van der Waals surface area (Å²) in [5.74, 6) is 1.26. The lowest BCUT2D eigenvalue weighted by molar-refractivity contribution is 0.242. The van der Waals surface area contributed by atoms with Gasteiger partial charge in [0.15, 0.2) is 5.65 Å². The average molecular weight is 282 g/mol. The van der Waals surface area contributed by atoms with Crippen LogP contribution in [0.4, 0.5) is 5.95 Å². The Labute approximate surface area is 123 Å². The Bertz CT molecular complexity index is 775. The lowest BCUT2D eigenvalue weighted by Crippen LogP contribution is -2.06. The van der Waals surface area contributed by atoms with Gasteiger partial charge in [-0.05, 0) is 56.7 Å². The quantitative estimate of drug-likeness (QED) is 0.801. The van der Waals surface area contributed by atoms with Crippen molar-refractivity contribution in [1.29, 1.82) is 0 Å². The van der Waals surface area contributed by atoms with Crippen LogP contribution < -0.4 is 10.5 Å². The Hall–Kier alpha value is -2.56. The summed E-state index contributed by atoms with van der Waals surface area (Å²) in [5, 5.41) is 0. The number of pyridine rings is 1. The third-order valence-corrected chi connectivity index (χ3v) is 3.13. The molecule has 0 aliphatic carbocycles. The van der Waals surface area contributed by atoms with Gasteiger partial charge in [0, 0.05) is 6.20 Å². The second-order valence-corrected chi connectivity index (χ2v) is 5.32. The van der Waals surface area contributed by atoms with Gasteiger partial charge in [0.25, 0.3) is 0 Å². The summed E-state index contributed by atoms with van der Waals surface area (Å²) in [6.45, 7) is 5.99. The van der Waals surface area contributed by atoms with E-state index in [4.69, 9.17) is 10.5 Å². The van der Waals surface area contributed by atoms with E-state index in [1.807, 2.05) is 61.9 Å². The normalized spacial score (nSPS) is 11.2. The number of fused-ring (bicyclic) bond motifs is 1. The van der Waals surface area contributed by atoms with Crippen LogP contribution in [0.25, 0.3) is 16.9 Å². The summed E-state index contributed by atoms with van der Waals surface area (Å²) in [4.78, 5) is 8.81. The molecule has 0 bridgehead atoms. The van der Waals surface area contributed by atoms with Crippen molar-refractivity contribution >= 4 is 17.1 Å². The number of aromatic nitrogens is 3. The van der Waals surface area contributed by atoms with Crippen LogP contribution in [0, 0.1) is 6.92 Å². The highest BCUT2D eigenvalue weighted by molar-refractivity contribution is 5.77. The topological polar surface area (TPSA) is 66.0 Å². The Morgan fingerprint density at radius 1 is 1.19 bits per heavy atom. The highest BCUT2D eigenvalue weighted by atomic mass is 16.5. The first kappa shape index (κ1) is 13.4. The van der Waals surface area contributed by atoms with Crippen LogP contribution in [-0.2, 0) is 0 Å². The van der Waals surface area contributed by atoms with E-state index in [-0.39, 0.29) is 6.10 Å². The minimum atomic E-state index is 0.152. The fraction of sp³-hybridized carbons (Fsp3) is 0.250. The van der Waals surface area contributed by atoms with Crippen LogP contribution in [0.1, 0.15) is 19.4 Å². The Morgan fingerprint density at radius 3 is 2.57 bits per heavy atom. The maximum absolute atomic E-state index is 6.03. The minimum absolute atomic E-state index is 0.152. The fourth-order valence-electron chi connectivity index (χ4n) is 2.28. The minimum Gasteiger partial charge on any atom is -0.491 e. The van der Waals surface area contributed by atoms with Crippen molar-refractivity contribution in [3.63, 3.8) is 0 Å². The molecule has 108 valence electrons. The molecule has 2 aromatic heterocycles. The van der Waals surface area contributed by atoms with Crippen molar-refractivity contribution in [2.75, 3.05) is 5.73 Å². The van der Waals surface area contributed by atoms with E-state index >= 15 is 0 Å². The molecule has 2 N–H and O–H groups in total.